The molecule has 0 unspecified atom stereocenters. The maximum atomic E-state index is 14.8. The quantitative estimate of drug-likeness (QED) is 0.321. The molecule has 0 atom stereocenters. The van der Waals surface area contributed by atoms with Crippen molar-refractivity contribution in [2.24, 2.45) is 12.8 Å². The molecule has 4 heterocycles. The summed E-state index contributed by atoms with van der Waals surface area (Å²) < 4.78 is 23.1. The number of rotatable bonds is 7. The van der Waals surface area contributed by atoms with Crippen LogP contribution in [0, 0.1) is 5.82 Å². The molecular weight excluding hydrogens is 513 g/mol. The van der Waals surface area contributed by atoms with Crippen LogP contribution >= 0.6 is 0 Å². The van der Waals surface area contributed by atoms with E-state index in [1.807, 2.05) is 24.3 Å². The van der Waals surface area contributed by atoms with Gasteiger partial charge in [-0.15, -0.1) is 0 Å². The molecular formula is C29H30FN7O3. The molecule has 0 bridgehead atoms. The van der Waals surface area contributed by atoms with Gasteiger partial charge in [-0.3, -0.25) is 18.9 Å². The second kappa shape index (κ2) is 10.4. The van der Waals surface area contributed by atoms with Crippen molar-refractivity contribution < 1.29 is 13.9 Å². The van der Waals surface area contributed by atoms with Crippen LogP contribution in [0.3, 0.4) is 0 Å². The summed E-state index contributed by atoms with van der Waals surface area (Å²) in [5.41, 5.74) is 8.90. The Balaban J connectivity index is 1.14. The Bertz CT molecular complexity index is 1700. The predicted molar refractivity (Wildman–Crippen MR) is 147 cm³/mol. The summed E-state index contributed by atoms with van der Waals surface area (Å²) in [6.45, 7) is 2.11. The third-order valence-corrected chi connectivity index (χ3v) is 7.65. The number of halogens is 1. The molecule has 3 N–H and O–H groups in total. The van der Waals surface area contributed by atoms with Crippen molar-refractivity contribution in [3.8, 4) is 22.7 Å². The Labute approximate surface area is 229 Å². The average Bonchev–Trinajstić information content (AvgIpc) is 3.61. The topological polar surface area (TPSA) is 128 Å². The molecule has 11 heteroatoms. The van der Waals surface area contributed by atoms with Crippen LogP contribution in [0.4, 0.5) is 4.39 Å². The minimum atomic E-state index is -1.08. The van der Waals surface area contributed by atoms with E-state index in [1.54, 1.807) is 23.9 Å². The van der Waals surface area contributed by atoms with E-state index in [0.717, 1.165) is 16.8 Å². The second-order valence-corrected chi connectivity index (χ2v) is 10.4. The molecule has 5 aromatic rings. The fraction of sp³-hybridized carbons (Fsp3) is 0.310. The third kappa shape index (κ3) is 4.94. The highest BCUT2D eigenvalue weighted by atomic mass is 19.1. The van der Waals surface area contributed by atoms with Gasteiger partial charge in [0.15, 0.2) is 5.52 Å². The zero-order valence-electron chi connectivity index (χ0n) is 22.1. The lowest BCUT2D eigenvalue weighted by molar-refractivity contribution is -0.0366. The summed E-state index contributed by atoms with van der Waals surface area (Å²) in [5, 5.41) is 15.8. The van der Waals surface area contributed by atoms with Crippen LogP contribution in [0.15, 0.2) is 70.5 Å². The van der Waals surface area contributed by atoms with Crippen LogP contribution in [-0.2, 0) is 26.7 Å². The molecule has 206 valence electrons. The molecule has 1 saturated heterocycles. The van der Waals surface area contributed by atoms with Crippen molar-refractivity contribution in [3.63, 3.8) is 0 Å². The molecule has 0 spiro atoms. The number of aryl methyl sites for hydroxylation is 1. The minimum Gasteiger partial charge on any atom is -0.445 e. The van der Waals surface area contributed by atoms with E-state index in [4.69, 9.17) is 10.2 Å². The number of nitrogens with two attached hydrogens (primary N) is 1. The van der Waals surface area contributed by atoms with Crippen LogP contribution in [0.2, 0.25) is 0 Å². The lowest BCUT2D eigenvalue weighted by Crippen LogP contribution is -2.47. The molecule has 1 aliphatic rings. The molecule has 40 heavy (non-hydrogen) atoms. The fourth-order valence-corrected chi connectivity index (χ4v) is 5.35. The number of piperidine rings is 1. The normalized spacial score (nSPS) is 15.6. The van der Waals surface area contributed by atoms with E-state index in [1.165, 1.54) is 29.4 Å². The highest BCUT2D eigenvalue weighted by Gasteiger charge is 2.33. The zero-order valence-corrected chi connectivity index (χ0v) is 22.1. The Morgan fingerprint density at radius 3 is 2.50 bits per heavy atom. The highest BCUT2D eigenvalue weighted by Crippen LogP contribution is 2.28. The molecule has 6 rings (SSSR count). The summed E-state index contributed by atoms with van der Waals surface area (Å²) in [6, 6.07) is 12.7. The number of benzene rings is 2. The van der Waals surface area contributed by atoms with Gasteiger partial charge >= 0.3 is 0 Å². The molecule has 3 aromatic heterocycles. The first kappa shape index (κ1) is 26.1. The van der Waals surface area contributed by atoms with Gasteiger partial charge in [0.2, 0.25) is 5.89 Å². The predicted octanol–water partition coefficient (Wildman–Crippen LogP) is 3.08. The molecule has 0 aliphatic carbocycles. The van der Waals surface area contributed by atoms with Crippen molar-refractivity contribution >= 4 is 11.0 Å². The second-order valence-electron chi connectivity index (χ2n) is 10.4. The molecule has 10 nitrogen and oxygen atoms in total. The number of aliphatic hydroxyl groups is 1. The summed E-state index contributed by atoms with van der Waals surface area (Å²) in [4.78, 5) is 24.1. The number of oxazole rings is 1. The summed E-state index contributed by atoms with van der Waals surface area (Å²) in [5.74, 6) is 0.0482. The molecule has 1 fully saturated rings. The summed E-state index contributed by atoms with van der Waals surface area (Å²) >= 11 is 0. The van der Waals surface area contributed by atoms with Gasteiger partial charge in [0.1, 0.15) is 17.6 Å². The number of nitrogens with zero attached hydrogens (tertiary/aromatic N) is 6. The monoisotopic (exact) mass is 543 g/mol. The van der Waals surface area contributed by atoms with Gasteiger partial charge in [-0.05, 0) is 30.5 Å². The average molecular weight is 544 g/mol. The van der Waals surface area contributed by atoms with Crippen molar-refractivity contribution in [1.29, 1.82) is 0 Å². The Kier molecular flexibility index (Phi) is 6.78. The SMILES string of the molecule is Cn1nc2c(=O)n(CC3(O)CCN(Cc4ccc(-c5ncco5)cc4F)CC3)cnc2c1-c1ccc(CN)cc1. The lowest BCUT2D eigenvalue weighted by atomic mass is 9.91. The van der Waals surface area contributed by atoms with Gasteiger partial charge in [0.05, 0.1) is 30.4 Å². The van der Waals surface area contributed by atoms with Crippen molar-refractivity contribution in [3.05, 3.63) is 88.5 Å². The fourth-order valence-electron chi connectivity index (χ4n) is 5.35. The van der Waals surface area contributed by atoms with E-state index >= 15 is 0 Å². The number of fused-ring (bicyclic) bond motifs is 1. The van der Waals surface area contributed by atoms with Crippen LogP contribution in [-0.4, -0.2) is 53.0 Å². The van der Waals surface area contributed by atoms with Crippen molar-refractivity contribution in [1.82, 2.24) is 29.2 Å². The minimum absolute atomic E-state index is 0.110. The van der Waals surface area contributed by atoms with Crippen LogP contribution in [0.5, 0.6) is 0 Å². The smallest absolute Gasteiger partial charge is 0.281 e. The van der Waals surface area contributed by atoms with Crippen LogP contribution < -0.4 is 11.3 Å². The van der Waals surface area contributed by atoms with Crippen molar-refractivity contribution in [2.45, 2.75) is 38.1 Å². The van der Waals surface area contributed by atoms with Gasteiger partial charge in [-0.1, -0.05) is 30.3 Å². The van der Waals surface area contributed by atoms with E-state index < -0.39 is 5.60 Å². The van der Waals surface area contributed by atoms with Gasteiger partial charge in [0, 0.05) is 49.9 Å². The molecule has 0 radical (unpaired) electrons. The van der Waals surface area contributed by atoms with Crippen LogP contribution in [0.25, 0.3) is 33.7 Å². The Morgan fingerprint density at radius 2 is 1.82 bits per heavy atom. The third-order valence-electron chi connectivity index (χ3n) is 7.65. The largest absolute Gasteiger partial charge is 0.445 e. The zero-order chi connectivity index (χ0) is 27.9. The van der Waals surface area contributed by atoms with E-state index in [2.05, 4.69) is 20.0 Å². The first-order valence-corrected chi connectivity index (χ1v) is 13.2. The van der Waals surface area contributed by atoms with E-state index in [9.17, 15) is 14.3 Å². The first-order valence-electron chi connectivity index (χ1n) is 13.2. The van der Waals surface area contributed by atoms with Crippen LogP contribution in [0.1, 0.15) is 24.0 Å². The summed E-state index contributed by atoms with van der Waals surface area (Å²) in [6.07, 6.45) is 5.34. The molecule has 0 saturated carbocycles. The van der Waals surface area contributed by atoms with E-state index in [-0.39, 0.29) is 23.4 Å². The van der Waals surface area contributed by atoms with Gasteiger partial charge in [0.25, 0.3) is 5.56 Å². The molecule has 0 amide bonds. The Morgan fingerprint density at radius 1 is 1.07 bits per heavy atom. The lowest BCUT2D eigenvalue weighted by Gasteiger charge is -2.38. The van der Waals surface area contributed by atoms with Crippen molar-refractivity contribution in [2.75, 3.05) is 13.1 Å². The maximum absolute atomic E-state index is 14.8. The summed E-state index contributed by atoms with van der Waals surface area (Å²) in [7, 11) is 1.78. The standard InChI is InChI=1S/C29H30FN7O3/c1-35-26(20-4-2-19(15-31)3-5-20)24-25(34-35)28(38)37(18-33-24)17-29(39)8-11-36(12-9-29)16-22-7-6-21(14-23(22)30)27-32-10-13-40-27/h2-7,10,13-14,18,39H,8-9,11-12,15-17,31H2,1H3. The number of likely N-dealkylation sites (tertiary alicyclic amines) is 1. The Hall–Kier alpha value is -4.19. The number of hydrogen-bond acceptors (Lipinski definition) is 8. The molecule has 2 aromatic carbocycles. The van der Waals surface area contributed by atoms with Gasteiger partial charge < -0.3 is 15.3 Å². The number of aromatic nitrogens is 5. The first-order chi connectivity index (χ1) is 19.3. The van der Waals surface area contributed by atoms with E-state index in [0.29, 0.717) is 61.6 Å². The number of hydrogen-bond donors (Lipinski definition) is 2. The van der Waals surface area contributed by atoms with Gasteiger partial charge in [-0.2, -0.15) is 5.10 Å². The molecule has 1 aliphatic heterocycles. The van der Waals surface area contributed by atoms with Gasteiger partial charge in [-0.25, -0.2) is 14.4 Å². The highest BCUT2D eigenvalue weighted by molar-refractivity contribution is 5.89. The maximum Gasteiger partial charge on any atom is 0.281 e.